The Kier molecular flexibility index (Phi) is 5.33. The summed E-state index contributed by atoms with van der Waals surface area (Å²) in [5, 5.41) is 11.9. The third kappa shape index (κ3) is 3.88. The van der Waals surface area contributed by atoms with Crippen LogP contribution in [0.1, 0.15) is 25.8 Å². The van der Waals surface area contributed by atoms with E-state index in [1.54, 1.807) is 26.0 Å². The van der Waals surface area contributed by atoms with Gasteiger partial charge in [0.1, 0.15) is 23.0 Å². The van der Waals surface area contributed by atoms with Crippen molar-refractivity contribution >= 4 is 17.6 Å². The molecule has 2 aliphatic rings. The average molecular weight is 373 g/mol. The zero-order valence-electron chi connectivity index (χ0n) is 15.7. The minimum absolute atomic E-state index is 0.0899. The molecule has 1 aromatic carbocycles. The molecule has 8 heteroatoms. The lowest BCUT2D eigenvalue weighted by molar-refractivity contribution is -0.130. The van der Waals surface area contributed by atoms with Crippen molar-refractivity contribution < 1.29 is 14.0 Å². The zero-order chi connectivity index (χ0) is 19.6. The number of halogens is 1. The molecule has 7 nitrogen and oxygen atoms in total. The van der Waals surface area contributed by atoms with Gasteiger partial charge in [0.2, 0.25) is 0 Å². The third-order valence-corrected chi connectivity index (χ3v) is 5.12. The number of amides is 3. The van der Waals surface area contributed by atoms with E-state index in [2.05, 4.69) is 10.2 Å². The summed E-state index contributed by atoms with van der Waals surface area (Å²) in [7, 11) is 0. The molecule has 0 spiro atoms. The molecule has 0 bridgehead atoms. The molecule has 0 radical (unpaired) electrons. The number of nitriles is 1. The highest BCUT2D eigenvalue weighted by Gasteiger charge is 2.43. The van der Waals surface area contributed by atoms with Crippen molar-refractivity contribution in [1.82, 2.24) is 15.1 Å². The summed E-state index contributed by atoms with van der Waals surface area (Å²) in [5.74, 6) is -0.679. The average Bonchev–Trinajstić information content (AvgIpc) is 2.83. The van der Waals surface area contributed by atoms with Crippen molar-refractivity contribution in [2.45, 2.75) is 25.8 Å². The van der Waals surface area contributed by atoms with E-state index in [0.717, 1.165) is 19.6 Å². The molecular formula is C19H24FN5O2. The first kappa shape index (κ1) is 19.1. The molecule has 2 heterocycles. The molecule has 144 valence electrons. The van der Waals surface area contributed by atoms with Crippen LogP contribution in [0.15, 0.2) is 18.2 Å². The Labute approximate surface area is 158 Å². The van der Waals surface area contributed by atoms with Crippen molar-refractivity contribution in [2.75, 3.05) is 44.2 Å². The minimum atomic E-state index is -0.827. The van der Waals surface area contributed by atoms with Crippen LogP contribution < -0.4 is 10.2 Å². The fourth-order valence-electron chi connectivity index (χ4n) is 3.57. The second-order valence-electron chi connectivity index (χ2n) is 7.44. The van der Waals surface area contributed by atoms with Crippen molar-refractivity contribution in [2.24, 2.45) is 0 Å². The van der Waals surface area contributed by atoms with Crippen LogP contribution in [-0.2, 0) is 4.79 Å². The number of hydrogen-bond donors (Lipinski definition) is 1. The monoisotopic (exact) mass is 373 g/mol. The molecule has 1 N–H and O–H groups in total. The third-order valence-electron chi connectivity index (χ3n) is 5.12. The normalized spacial score (nSPS) is 19.9. The molecule has 1 aromatic rings. The highest BCUT2D eigenvalue weighted by Crippen LogP contribution is 2.24. The molecule has 2 aliphatic heterocycles. The summed E-state index contributed by atoms with van der Waals surface area (Å²) in [4.78, 5) is 29.6. The van der Waals surface area contributed by atoms with Gasteiger partial charge < -0.3 is 10.2 Å². The number of nitrogens with one attached hydrogen (secondary N) is 1. The van der Waals surface area contributed by atoms with E-state index in [0.29, 0.717) is 31.7 Å². The Morgan fingerprint density at radius 3 is 2.48 bits per heavy atom. The number of carbonyl (C=O) groups is 2. The zero-order valence-corrected chi connectivity index (χ0v) is 15.7. The van der Waals surface area contributed by atoms with Gasteiger partial charge in [0.15, 0.2) is 0 Å². The maximum Gasteiger partial charge on any atom is 0.325 e. The van der Waals surface area contributed by atoms with E-state index in [1.165, 1.54) is 11.0 Å². The van der Waals surface area contributed by atoms with Gasteiger partial charge in [-0.2, -0.15) is 5.26 Å². The second kappa shape index (κ2) is 7.53. The van der Waals surface area contributed by atoms with Crippen molar-refractivity contribution in [3.05, 3.63) is 29.6 Å². The lowest BCUT2D eigenvalue weighted by Gasteiger charge is -2.36. The summed E-state index contributed by atoms with van der Waals surface area (Å²) in [6.45, 7) is 7.56. The molecular weight excluding hydrogens is 349 g/mol. The Morgan fingerprint density at radius 2 is 1.89 bits per heavy atom. The Balaban J connectivity index is 1.48. The minimum Gasteiger partial charge on any atom is -0.368 e. The topological polar surface area (TPSA) is 79.7 Å². The highest BCUT2D eigenvalue weighted by molar-refractivity contribution is 6.06. The first-order chi connectivity index (χ1) is 12.8. The molecule has 3 rings (SSSR count). The maximum atomic E-state index is 13.8. The van der Waals surface area contributed by atoms with Gasteiger partial charge in [-0.25, -0.2) is 9.18 Å². The Hall–Kier alpha value is -2.66. The fourth-order valence-corrected chi connectivity index (χ4v) is 3.57. The Bertz CT molecular complexity index is 781. The molecule has 0 saturated carbocycles. The first-order valence-electron chi connectivity index (χ1n) is 9.13. The number of anilines is 1. The van der Waals surface area contributed by atoms with Crippen molar-refractivity contribution in [3.63, 3.8) is 0 Å². The summed E-state index contributed by atoms with van der Waals surface area (Å²) in [6.07, 6.45) is 0.707. The van der Waals surface area contributed by atoms with Gasteiger partial charge in [0, 0.05) is 32.7 Å². The van der Waals surface area contributed by atoms with Crippen LogP contribution >= 0.6 is 0 Å². The van der Waals surface area contributed by atoms with Gasteiger partial charge in [0.25, 0.3) is 5.91 Å². The van der Waals surface area contributed by atoms with E-state index in [1.807, 2.05) is 11.0 Å². The highest BCUT2D eigenvalue weighted by atomic mass is 19.1. The van der Waals surface area contributed by atoms with Crippen LogP contribution in [0.5, 0.6) is 0 Å². The van der Waals surface area contributed by atoms with Crippen LogP contribution in [-0.4, -0.2) is 66.5 Å². The van der Waals surface area contributed by atoms with Gasteiger partial charge in [-0.05, 0) is 38.9 Å². The van der Waals surface area contributed by atoms with Crippen LogP contribution in [0.4, 0.5) is 14.9 Å². The van der Waals surface area contributed by atoms with Gasteiger partial charge >= 0.3 is 6.03 Å². The Morgan fingerprint density at radius 1 is 1.19 bits per heavy atom. The molecule has 2 saturated heterocycles. The first-order valence-corrected chi connectivity index (χ1v) is 9.13. The number of urea groups is 1. The van der Waals surface area contributed by atoms with Crippen LogP contribution in [0, 0.1) is 17.1 Å². The fraction of sp³-hybridized carbons (Fsp3) is 0.526. The summed E-state index contributed by atoms with van der Waals surface area (Å²) in [5.41, 5.74) is -0.0996. The van der Waals surface area contributed by atoms with E-state index in [-0.39, 0.29) is 17.5 Å². The smallest absolute Gasteiger partial charge is 0.325 e. The number of hydrogen-bond acceptors (Lipinski definition) is 5. The lowest BCUT2D eigenvalue weighted by atomic mass is 10.1. The molecule has 0 unspecified atom stereocenters. The number of carbonyl (C=O) groups excluding carboxylic acids is 2. The second-order valence-corrected chi connectivity index (χ2v) is 7.44. The molecule has 0 aromatic heterocycles. The molecule has 3 amide bonds. The maximum absolute atomic E-state index is 13.8. The molecule has 0 aliphatic carbocycles. The van der Waals surface area contributed by atoms with Crippen LogP contribution in [0.3, 0.4) is 0 Å². The van der Waals surface area contributed by atoms with E-state index < -0.39 is 11.4 Å². The standard InChI is InChI=1S/C19H24FN5O2/c1-19(2)17(26)25(18(27)22-19)8-4-7-23-9-11-24(12-10-23)16-6-3-5-15(20)14(16)13-21/h3,5-6H,4,7-12H2,1-2H3,(H,22,27). The number of nitrogens with zero attached hydrogens (tertiary/aromatic N) is 4. The number of imide groups is 1. The van der Waals surface area contributed by atoms with Crippen molar-refractivity contribution in [3.8, 4) is 6.07 Å². The van der Waals surface area contributed by atoms with E-state index >= 15 is 0 Å². The van der Waals surface area contributed by atoms with Gasteiger partial charge in [0.05, 0.1) is 5.69 Å². The SMILES string of the molecule is CC1(C)NC(=O)N(CCCN2CCN(c3cccc(F)c3C#N)CC2)C1=O. The summed E-state index contributed by atoms with van der Waals surface area (Å²) in [6, 6.07) is 6.32. The van der Waals surface area contributed by atoms with E-state index in [4.69, 9.17) is 0 Å². The number of rotatable bonds is 5. The van der Waals surface area contributed by atoms with Crippen LogP contribution in [0.25, 0.3) is 0 Å². The quantitative estimate of drug-likeness (QED) is 0.792. The van der Waals surface area contributed by atoms with Gasteiger partial charge in [-0.1, -0.05) is 6.07 Å². The summed E-state index contributed by atoms with van der Waals surface area (Å²) < 4.78 is 13.8. The van der Waals surface area contributed by atoms with Gasteiger partial charge in [-0.15, -0.1) is 0 Å². The van der Waals surface area contributed by atoms with Crippen molar-refractivity contribution in [1.29, 1.82) is 5.26 Å². The summed E-state index contributed by atoms with van der Waals surface area (Å²) >= 11 is 0. The lowest BCUT2D eigenvalue weighted by Crippen LogP contribution is -2.47. The predicted molar refractivity (Wildman–Crippen MR) is 98.7 cm³/mol. The molecule has 27 heavy (non-hydrogen) atoms. The van der Waals surface area contributed by atoms with E-state index in [9.17, 15) is 19.2 Å². The number of piperazine rings is 1. The number of benzene rings is 1. The predicted octanol–water partition coefficient (Wildman–Crippen LogP) is 1.54. The van der Waals surface area contributed by atoms with Gasteiger partial charge in [-0.3, -0.25) is 14.6 Å². The largest absolute Gasteiger partial charge is 0.368 e. The molecule has 0 atom stereocenters. The molecule has 2 fully saturated rings. The van der Waals surface area contributed by atoms with Crippen LogP contribution in [0.2, 0.25) is 0 Å².